The van der Waals surface area contributed by atoms with E-state index in [0.29, 0.717) is 10.6 Å². The van der Waals surface area contributed by atoms with Gasteiger partial charge in [-0.25, -0.2) is 9.18 Å². The summed E-state index contributed by atoms with van der Waals surface area (Å²) < 4.78 is 52.8. The molecule has 0 aliphatic carbocycles. The molecule has 0 spiro atoms. The summed E-state index contributed by atoms with van der Waals surface area (Å²) in [6.45, 7) is -0.0614. The first-order chi connectivity index (χ1) is 12.3. The highest BCUT2D eigenvalue weighted by molar-refractivity contribution is 7.09. The number of likely N-dealkylation sites (tertiary alicyclic amines) is 1. The number of carbonyl (C=O) groups excluding carboxylic acids is 1. The second-order valence-corrected chi connectivity index (χ2v) is 6.87. The molecule has 1 aromatic carbocycles. The zero-order chi connectivity index (χ0) is 18.9. The van der Waals surface area contributed by atoms with E-state index < -0.39 is 23.9 Å². The van der Waals surface area contributed by atoms with E-state index in [4.69, 9.17) is 0 Å². The summed E-state index contributed by atoms with van der Waals surface area (Å²) in [6.07, 6.45) is -3.77. The van der Waals surface area contributed by atoms with Gasteiger partial charge in [0.05, 0.1) is 23.6 Å². The molecule has 2 amide bonds. The van der Waals surface area contributed by atoms with Crippen molar-refractivity contribution in [1.29, 1.82) is 0 Å². The van der Waals surface area contributed by atoms with Gasteiger partial charge in [-0.3, -0.25) is 4.57 Å². The Balaban J connectivity index is 1.96. The molecule has 140 valence electrons. The predicted octanol–water partition coefficient (Wildman–Crippen LogP) is 3.11. The number of hydrogen-bond donors (Lipinski definition) is 1. The Bertz CT molecular complexity index is 858. The number of aliphatic hydroxyl groups is 1. The van der Waals surface area contributed by atoms with Crippen LogP contribution in [0.1, 0.15) is 16.9 Å². The van der Waals surface area contributed by atoms with Gasteiger partial charge in [0, 0.05) is 18.4 Å². The molecule has 2 heterocycles. The molecule has 1 N–H and O–H groups in total. The van der Waals surface area contributed by atoms with Crippen molar-refractivity contribution in [2.24, 2.45) is 4.99 Å². The summed E-state index contributed by atoms with van der Waals surface area (Å²) in [5.74, 6) is 0. The lowest BCUT2D eigenvalue weighted by molar-refractivity contribution is -0.137. The van der Waals surface area contributed by atoms with Crippen molar-refractivity contribution < 1.29 is 27.5 Å². The van der Waals surface area contributed by atoms with Gasteiger partial charge in [0.2, 0.25) is 0 Å². The van der Waals surface area contributed by atoms with Crippen LogP contribution in [0.2, 0.25) is 0 Å². The molecule has 0 bridgehead atoms. The fourth-order valence-electron chi connectivity index (χ4n) is 2.58. The fraction of sp³-hybridized carbons (Fsp3) is 0.375. The molecule has 0 unspecified atom stereocenters. The molecular weight excluding hydrogens is 374 g/mol. The maximum atomic E-state index is 13.2. The van der Waals surface area contributed by atoms with E-state index in [1.165, 1.54) is 27.8 Å². The van der Waals surface area contributed by atoms with Gasteiger partial charge in [-0.15, -0.1) is 0 Å². The molecule has 2 aromatic rings. The number of carbonyl (C=O) groups is 1. The molecule has 5 nitrogen and oxygen atoms in total. The van der Waals surface area contributed by atoms with Crippen LogP contribution in [0.5, 0.6) is 0 Å². The van der Waals surface area contributed by atoms with Gasteiger partial charge in [-0.1, -0.05) is 11.3 Å². The first kappa shape index (κ1) is 18.6. The number of rotatable bonds is 2. The zero-order valence-corrected chi connectivity index (χ0v) is 14.2. The van der Waals surface area contributed by atoms with Crippen LogP contribution >= 0.6 is 11.3 Å². The largest absolute Gasteiger partial charge is 0.416 e. The average molecular weight is 389 g/mol. The van der Waals surface area contributed by atoms with Crippen molar-refractivity contribution in [2.45, 2.75) is 25.4 Å². The zero-order valence-electron chi connectivity index (χ0n) is 13.4. The second-order valence-electron chi connectivity index (χ2n) is 5.78. The quantitative estimate of drug-likeness (QED) is 0.803. The number of aromatic nitrogens is 1. The standard InChI is InChI=1S/C16H15F4N3O2S/c17-11-5-6-22(7-11)14(25)21-15-23(8-13(9-24)26-15)12-3-1-10(2-4-12)16(18,19)20/h1-4,8,11,24H,5-7,9H2/t11-/m1/s1. The molecule has 10 heteroatoms. The van der Waals surface area contributed by atoms with E-state index in [9.17, 15) is 27.5 Å². The summed E-state index contributed by atoms with van der Waals surface area (Å²) in [4.78, 5) is 18.1. The highest BCUT2D eigenvalue weighted by atomic mass is 32.1. The Kier molecular flexibility index (Phi) is 5.15. The summed E-state index contributed by atoms with van der Waals surface area (Å²) in [5.41, 5.74) is -0.426. The number of alkyl halides is 4. The van der Waals surface area contributed by atoms with Crippen LogP contribution < -0.4 is 4.80 Å². The minimum atomic E-state index is -4.45. The van der Waals surface area contributed by atoms with E-state index >= 15 is 0 Å². The van der Waals surface area contributed by atoms with Gasteiger partial charge in [0.1, 0.15) is 6.17 Å². The average Bonchev–Trinajstić information content (AvgIpc) is 3.20. The number of thiazole rings is 1. The third-order valence-electron chi connectivity index (χ3n) is 3.92. The maximum Gasteiger partial charge on any atom is 0.416 e. The second kappa shape index (κ2) is 7.20. The maximum absolute atomic E-state index is 13.2. The Morgan fingerprint density at radius 1 is 1.31 bits per heavy atom. The number of urea groups is 1. The number of aliphatic hydroxyl groups excluding tert-OH is 1. The first-order valence-electron chi connectivity index (χ1n) is 7.75. The van der Waals surface area contributed by atoms with Crippen molar-refractivity contribution in [1.82, 2.24) is 9.47 Å². The van der Waals surface area contributed by atoms with E-state index in [1.54, 1.807) is 0 Å². The lowest BCUT2D eigenvalue weighted by atomic mass is 10.2. The van der Waals surface area contributed by atoms with Gasteiger partial charge in [0.25, 0.3) is 0 Å². The normalized spacial score (nSPS) is 18.6. The molecule has 26 heavy (non-hydrogen) atoms. The van der Waals surface area contributed by atoms with Crippen LogP contribution in [-0.2, 0) is 12.8 Å². The van der Waals surface area contributed by atoms with Crippen LogP contribution in [0.4, 0.5) is 22.4 Å². The van der Waals surface area contributed by atoms with Crippen molar-refractivity contribution in [2.75, 3.05) is 13.1 Å². The van der Waals surface area contributed by atoms with Crippen molar-refractivity contribution >= 4 is 17.4 Å². The lowest BCUT2D eigenvalue weighted by Crippen LogP contribution is -2.28. The Hall–Kier alpha value is -2.20. The predicted molar refractivity (Wildman–Crippen MR) is 86.6 cm³/mol. The number of nitrogens with zero attached hydrogens (tertiary/aromatic N) is 3. The highest BCUT2D eigenvalue weighted by Gasteiger charge is 2.30. The molecule has 1 aromatic heterocycles. The monoisotopic (exact) mass is 389 g/mol. The van der Waals surface area contributed by atoms with Crippen LogP contribution in [-0.4, -0.2) is 39.9 Å². The topological polar surface area (TPSA) is 57.8 Å². The summed E-state index contributed by atoms with van der Waals surface area (Å²) in [5, 5.41) is 9.32. The van der Waals surface area contributed by atoms with E-state index in [0.717, 1.165) is 23.5 Å². The number of benzene rings is 1. The third kappa shape index (κ3) is 3.96. The summed E-state index contributed by atoms with van der Waals surface area (Å²) in [7, 11) is 0. The van der Waals surface area contributed by atoms with E-state index in [2.05, 4.69) is 4.99 Å². The van der Waals surface area contributed by atoms with Crippen LogP contribution in [0, 0.1) is 0 Å². The van der Waals surface area contributed by atoms with Crippen LogP contribution in [0.15, 0.2) is 35.5 Å². The third-order valence-corrected chi connectivity index (χ3v) is 4.89. The number of hydrogen-bond acceptors (Lipinski definition) is 3. The molecule has 3 rings (SSSR count). The number of amides is 2. The van der Waals surface area contributed by atoms with Gasteiger partial charge < -0.3 is 10.0 Å². The summed E-state index contributed by atoms with van der Waals surface area (Å²) in [6, 6.07) is 3.76. The minimum Gasteiger partial charge on any atom is -0.391 e. The molecule has 1 atom stereocenters. The van der Waals surface area contributed by atoms with E-state index in [-0.39, 0.29) is 30.9 Å². The van der Waals surface area contributed by atoms with Crippen molar-refractivity contribution in [3.8, 4) is 5.69 Å². The first-order valence-corrected chi connectivity index (χ1v) is 8.57. The molecule has 0 saturated carbocycles. The molecule has 1 saturated heterocycles. The SMILES string of the molecule is O=C(N=c1sc(CO)cn1-c1ccc(C(F)(F)F)cc1)N1CC[C@@H](F)C1. The highest BCUT2D eigenvalue weighted by Crippen LogP contribution is 2.29. The minimum absolute atomic E-state index is 0.0269. The molecular formula is C16H15F4N3O2S. The van der Waals surface area contributed by atoms with Crippen LogP contribution in [0.3, 0.4) is 0 Å². The van der Waals surface area contributed by atoms with Gasteiger partial charge >= 0.3 is 12.2 Å². The summed E-state index contributed by atoms with van der Waals surface area (Å²) >= 11 is 1.03. The molecule has 1 fully saturated rings. The number of halogens is 4. The Labute approximate surface area is 149 Å². The van der Waals surface area contributed by atoms with Crippen LogP contribution in [0.25, 0.3) is 5.69 Å². The Morgan fingerprint density at radius 3 is 2.54 bits per heavy atom. The molecule has 1 aliphatic rings. The Morgan fingerprint density at radius 2 is 2.00 bits per heavy atom. The van der Waals surface area contributed by atoms with E-state index in [1.807, 2.05) is 0 Å². The van der Waals surface area contributed by atoms with Crippen molar-refractivity contribution in [3.63, 3.8) is 0 Å². The van der Waals surface area contributed by atoms with Gasteiger partial charge in [-0.2, -0.15) is 18.2 Å². The molecule has 1 aliphatic heterocycles. The smallest absolute Gasteiger partial charge is 0.391 e. The molecule has 0 radical (unpaired) electrons. The lowest BCUT2D eigenvalue weighted by Gasteiger charge is -2.11. The van der Waals surface area contributed by atoms with Gasteiger partial charge in [-0.05, 0) is 30.7 Å². The van der Waals surface area contributed by atoms with Gasteiger partial charge in [0.15, 0.2) is 4.80 Å². The van der Waals surface area contributed by atoms with Crippen molar-refractivity contribution in [3.05, 3.63) is 45.7 Å². The fourth-order valence-corrected chi connectivity index (χ4v) is 3.42.